The number of rotatable bonds is 7. The number of likely N-dealkylation sites (N-methyl/N-ethyl adjacent to an activating group) is 1. The summed E-state index contributed by atoms with van der Waals surface area (Å²) < 4.78 is 23.3. The highest BCUT2D eigenvalue weighted by atomic mass is 19.1. The molecule has 2 rings (SSSR count). The highest BCUT2D eigenvalue weighted by Gasteiger charge is 2.09. The van der Waals surface area contributed by atoms with Gasteiger partial charge in [0.25, 0.3) is 0 Å². The second-order valence-corrected chi connectivity index (χ2v) is 4.55. The van der Waals surface area contributed by atoms with Crippen LogP contribution in [0.15, 0.2) is 28.8 Å². The summed E-state index contributed by atoms with van der Waals surface area (Å²) in [5.41, 5.74) is 0. The number of nitrogens with zero attached hydrogens (tertiary/aromatic N) is 2. The van der Waals surface area contributed by atoms with Gasteiger partial charge in [-0.05, 0) is 38.2 Å². The zero-order valence-electron chi connectivity index (χ0n) is 11.6. The molecule has 108 valence electrons. The Hall–Kier alpha value is -1.95. The van der Waals surface area contributed by atoms with Gasteiger partial charge in [0.05, 0.1) is 13.0 Å². The Kier molecular flexibility index (Phi) is 5.06. The lowest BCUT2D eigenvalue weighted by atomic mass is 10.2. The largest absolute Gasteiger partial charge is 0.493 e. The molecule has 0 fully saturated rings. The predicted molar refractivity (Wildman–Crippen MR) is 72.1 cm³/mol. The van der Waals surface area contributed by atoms with E-state index >= 15 is 0 Å². The van der Waals surface area contributed by atoms with Crippen molar-refractivity contribution in [1.82, 2.24) is 15.5 Å². The molecule has 0 amide bonds. The minimum absolute atomic E-state index is 0.280. The molecule has 0 aliphatic carbocycles. The van der Waals surface area contributed by atoms with Gasteiger partial charge in [0, 0.05) is 12.5 Å². The number of aromatic nitrogens is 2. The first kappa shape index (κ1) is 14.5. The summed E-state index contributed by atoms with van der Waals surface area (Å²) in [6.45, 7) is 2.46. The Morgan fingerprint density at radius 3 is 2.80 bits per heavy atom. The van der Waals surface area contributed by atoms with Crippen LogP contribution in [0, 0.1) is 5.82 Å². The van der Waals surface area contributed by atoms with Crippen LogP contribution in [0.25, 0.3) is 0 Å². The zero-order chi connectivity index (χ0) is 14.4. The van der Waals surface area contributed by atoms with Crippen molar-refractivity contribution in [2.45, 2.75) is 25.8 Å². The predicted octanol–water partition coefficient (Wildman–Crippen LogP) is 1.98. The average molecular weight is 279 g/mol. The lowest BCUT2D eigenvalue weighted by Crippen LogP contribution is -2.24. The van der Waals surface area contributed by atoms with Gasteiger partial charge in [-0.15, -0.1) is 0 Å². The van der Waals surface area contributed by atoms with Crippen molar-refractivity contribution in [3.8, 4) is 5.75 Å². The molecule has 1 N–H and O–H groups in total. The van der Waals surface area contributed by atoms with E-state index in [-0.39, 0.29) is 5.82 Å². The first-order valence-electron chi connectivity index (χ1n) is 6.54. The van der Waals surface area contributed by atoms with E-state index in [0.29, 0.717) is 36.5 Å². The third-order valence-electron chi connectivity index (χ3n) is 2.89. The van der Waals surface area contributed by atoms with Gasteiger partial charge in [-0.1, -0.05) is 5.16 Å². The van der Waals surface area contributed by atoms with Crippen LogP contribution >= 0.6 is 0 Å². The quantitative estimate of drug-likeness (QED) is 0.839. The van der Waals surface area contributed by atoms with Crippen LogP contribution < -0.4 is 10.1 Å². The van der Waals surface area contributed by atoms with Crippen molar-refractivity contribution in [2.75, 3.05) is 13.7 Å². The molecule has 0 spiro atoms. The molecule has 0 saturated carbocycles. The fraction of sp³-hybridized carbons (Fsp3) is 0.429. The Balaban J connectivity index is 1.78. The van der Waals surface area contributed by atoms with E-state index in [1.165, 1.54) is 12.1 Å². The van der Waals surface area contributed by atoms with E-state index in [9.17, 15) is 4.39 Å². The van der Waals surface area contributed by atoms with Crippen molar-refractivity contribution >= 4 is 0 Å². The topological polar surface area (TPSA) is 60.2 Å². The van der Waals surface area contributed by atoms with Crippen molar-refractivity contribution in [1.29, 1.82) is 0 Å². The average Bonchev–Trinajstić information content (AvgIpc) is 2.88. The molecule has 1 aromatic carbocycles. The number of hydrogen-bond acceptors (Lipinski definition) is 5. The Labute approximate surface area is 117 Å². The fourth-order valence-corrected chi connectivity index (χ4v) is 1.64. The molecular weight excluding hydrogens is 261 g/mol. The molecular formula is C14H18FN3O2. The molecule has 0 bridgehead atoms. The molecule has 1 aromatic heterocycles. The minimum atomic E-state index is -0.280. The Bertz CT molecular complexity index is 527. The maximum atomic E-state index is 12.7. The first-order valence-corrected chi connectivity index (χ1v) is 6.54. The van der Waals surface area contributed by atoms with Gasteiger partial charge >= 0.3 is 0 Å². The normalized spacial score (nSPS) is 12.3. The summed E-state index contributed by atoms with van der Waals surface area (Å²) in [6, 6.07) is 6.20. The lowest BCUT2D eigenvalue weighted by molar-refractivity contribution is 0.291. The minimum Gasteiger partial charge on any atom is -0.493 e. The van der Waals surface area contributed by atoms with Crippen molar-refractivity contribution < 1.29 is 13.7 Å². The maximum absolute atomic E-state index is 12.7. The van der Waals surface area contributed by atoms with E-state index in [2.05, 4.69) is 15.5 Å². The summed E-state index contributed by atoms with van der Waals surface area (Å²) >= 11 is 0. The smallest absolute Gasteiger partial charge is 0.230 e. The molecule has 20 heavy (non-hydrogen) atoms. The van der Waals surface area contributed by atoms with E-state index < -0.39 is 0 Å². The van der Waals surface area contributed by atoms with E-state index in [1.807, 2.05) is 14.0 Å². The monoisotopic (exact) mass is 279 g/mol. The number of hydrogen-bond donors (Lipinski definition) is 1. The molecule has 1 unspecified atom stereocenters. The van der Waals surface area contributed by atoms with Crippen LogP contribution in [0.3, 0.4) is 0 Å². The summed E-state index contributed by atoms with van der Waals surface area (Å²) in [4.78, 5) is 4.29. The second-order valence-electron chi connectivity index (χ2n) is 4.55. The van der Waals surface area contributed by atoms with Gasteiger partial charge in [-0.25, -0.2) is 4.39 Å². The molecule has 1 heterocycles. The van der Waals surface area contributed by atoms with Crippen molar-refractivity contribution in [3.63, 3.8) is 0 Å². The molecule has 1 atom stereocenters. The van der Waals surface area contributed by atoms with Gasteiger partial charge < -0.3 is 14.6 Å². The van der Waals surface area contributed by atoms with Crippen LogP contribution in [-0.2, 0) is 12.8 Å². The number of benzene rings is 1. The fourth-order valence-electron chi connectivity index (χ4n) is 1.64. The van der Waals surface area contributed by atoms with E-state index in [1.54, 1.807) is 12.1 Å². The standard InChI is InChI=1S/C14H18FN3O2/c1-10(16-2)9-13-17-14(20-18-13)7-8-19-12-5-3-11(15)4-6-12/h3-6,10,16H,7-9H2,1-2H3. The number of ether oxygens (including phenoxy) is 1. The number of nitrogens with one attached hydrogen (secondary N) is 1. The Morgan fingerprint density at radius 2 is 2.10 bits per heavy atom. The highest BCUT2D eigenvalue weighted by molar-refractivity contribution is 5.22. The van der Waals surface area contributed by atoms with Gasteiger partial charge in [-0.2, -0.15) is 4.98 Å². The van der Waals surface area contributed by atoms with E-state index in [0.717, 1.165) is 6.42 Å². The van der Waals surface area contributed by atoms with Crippen molar-refractivity contribution in [3.05, 3.63) is 41.8 Å². The summed E-state index contributed by atoms with van der Waals surface area (Å²) in [5.74, 6) is 1.57. The van der Waals surface area contributed by atoms with Gasteiger partial charge in [0.1, 0.15) is 11.6 Å². The van der Waals surface area contributed by atoms with Crippen LogP contribution in [0.5, 0.6) is 5.75 Å². The van der Waals surface area contributed by atoms with Crippen LogP contribution in [0.1, 0.15) is 18.6 Å². The summed E-state index contributed by atoms with van der Waals surface area (Å²) in [5, 5.41) is 7.03. The maximum Gasteiger partial charge on any atom is 0.230 e. The lowest BCUT2D eigenvalue weighted by Gasteiger charge is -2.05. The second kappa shape index (κ2) is 7.00. The summed E-state index contributed by atoms with van der Waals surface area (Å²) in [6.07, 6.45) is 1.25. The third-order valence-corrected chi connectivity index (χ3v) is 2.89. The molecule has 2 aromatic rings. The Morgan fingerprint density at radius 1 is 1.35 bits per heavy atom. The van der Waals surface area contributed by atoms with Gasteiger partial charge in [0.15, 0.2) is 5.82 Å². The molecule has 0 saturated heterocycles. The third kappa shape index (κ3) is 4.31. The van der Waals surface area contributed by atoms with Crippen molar-refractivity contribution in [2.24, 2.45) is 0 Å². The van der Waals surface area contributed by atoms with Crippen LogP contribution in [0.2, 0.25) is 0 Å². The van der Waals surface area contributed by atoms with E-state index in [4.69, 9.17) is 9.26 Å². The first-order chi connectivity index (χ1) is 9.67. The van der Waals surface area contributed by atoms with Crippen LogP contribution in [-0.4, -0.2) is 29.8 Å². The summed E-state index contributed by atoms with van der Waals surface area (Å²) in [7, 11) is 1.89. The van der Waals surface area contributed by atoms with Gasteiger partial charge in [-0.3, -0.25) is 0 Å². The zero-order valence-corrected chi connectivity index (χ0v) is 11.6. The molecule has 0 aliphatic rings. The molecule has 0 aliphatic heterocycles. The number of halogens is 1. The molecule has 5 nitrogen and oxygen atoms in total. The molecule has 6 heteroatoms. The SMILES string of the molecule is CNC(C)Cc1noc(CCOc2ccc(F)cc2)n1. The highest BCUT2D eigenvalue weighted by Crippen LogP contribution is 2.11. The molecule has 0 radical (unpaired) electrons. The van der Waals surface area contributed by atoms with Gasteiger partial charge in [0.2, 0.25) is 5.89 Å². The van der Waals surface area contributed by atoms with Crippen LogP contribution in [0.4, 0.5) is 4.39 Å².